The summed E-state index contributed by atoms with van der Waals surface area (Å²) in [6.45, 7) is 3.60. The fraction of sp³-hybridized carbons (Fsp3) is 0.400. The fourth-order valence-electron chi connectivity index (χ4n) is 2.40. The Bertz CT molecular complexity index is 670. The average Bonchev–Trinajstić information content (AvgIpc) is 3.18. The van der Waals surface area contributed by atoms with Gasteiger partial charge in [0.1, 0.15) is 0 Å². The standard InChI is InChI=1S/C15H16BrN3O2S/c1-10(14(20)19-8-4-5-9-19)22-15-18-17-13(21-15)11-6-2-3-7-12(11)16/h2-3,6-7,10H,4-5,8-9H2,1H3. The van der Waals surface area contributed by atoms with E-state index in [0.29, 0.717) is 11.1 Å². The van der Waals surface area contributed by atoms with Gasteiger partial charge in [-0.2, -0.15) is 0 Å². The highest BCUT2D eigenvalue weighted by molar-refractivity contribution is 9.10. The molecule has 0 N–H and O–H groups in total. The van der Waals surface area contributed by atoms with Crippen molar-refractivity contribution < 1.29 is 9.21 Å². The molecule has 0 bridgehead atoms. The SMILES string of the molecule is CC(Sc1nnc(-c2ccccc2Br)o1)C(=O)N1CCCC1. The van der Waals surface area contributed by atoms with Gasteiger partial charge in [-0.15, -0.1) is 10.2 Å². The van der Waals surface area contributed by atoms with Crippen LogP contribution >= 0.6 is 27.7 Å². The second-order valence-corrected chi connectivity index (χ2v) is 7.29. The summed E-state index contributed by atoms with van der Waals surface area (Å²) in [6, 6.07) is 7.67. The van der Waals surface area contributed by atoms with Crippen molar-refractivity contribution >= 4 is 33.6 Å². The Hall–Kier alpha value is -1.34. The number of hydrogen-bond donors (Lipinski definition) is 0. The van der Waals surface area contributed by atoms with E-state index in [4.69, 9.17) is 4.42 Å². The first kappa shape index (κ1) is 15.6. The molecule has 1 saturated heterocycles. The third kappa shape index (κ3) is 3.35. The van der Waals surface area contributed by atoms with Crippen molar-refractivity contribution in [1.82, 2.24) is 15.1 Å². The molecule has 22 heavy (non-hydrogen) atoms. The maximum Gasteiger partial charge on any atom is 0.277 e. The summed E-state index contributed by atoms with van der Waals surface area (Å²) in [4.78, 5) is 14.2. The van der Waals surface area contributed by atoms with Gasteiger partial charge in [0.2, 0.25) is 11.8 Å². The number of likely N-dealkylation sites (tertiary alicyclic amines) is 1. The number of aromatic nitrogens is 2. The molecule has 0 radical (unpaired) electrons. The predicted molar refractivity (Wildman–Crippen MR) is 88.6 cm³/mol. The zero-order valence-electron chi connectivity index (χ0n) is 12.2. The number of nitrogens with zero attached hydrogens (tertiary/aromatic N) is 3. The lowest BCUT2D eigenvalue weighted by molar-refractivity contribution is -0.129. The quantitative estimate of drug-likeness (QED) is 0.757. The molecular weight excluding hydrogens is 366 g/mol. The minimum Gasteiger partial charge on any atom is -0.411 e. The molecule has 2 heterocycles. The van der Waals surface area contributed by atoms with Crippen molar-refractivity contribution in [2.45, 2.75) is 30.2 Å². The topological polar surface area (TPSA) is 59.2 Å². The minimum atomic E-state index is -0.217. The van der Waals surface area contributed by atoms with Gasteiger partial charge < -0.3 is 9.32 Å². The predicted octanol–water partition coefficient (Wildman–Crippen LogP) is 3.60. The van der Waals surface area contributed by atoms with Crippen molar-refractivity contribution in [2.24, 2.45) is 0 Å². The Kier molecular flexibility index (Phi) is 4.83. The van der Waals surface area contributed by atoms with Crippen molar-refractivity contribution in [3.63, 3.8) is 0 Å². The summed E-state index contributed by atoms with van der Waals surface area (Å²) in [5.74, 6) is 0.596. The Morgan fingerprint density at radius 3 is 2.77 bits per heavy atom. The molecule has 0 saturated carbocycles. The lowest BCUT2D eigenvalue weighted by Gasteiger charge is -2.18. The lowest BCUT2D eigenvalue weighted by Crippen LogP contribution is -2.34. The Morgan fingerprint density at radius 1 is 1.32 bits per heavy atom. The Balaban J connectivity index is 1.69. The number of benzene rings is 1. The van der Waals surface area contributed by atoms with Crippen LogP contribution in [0, 0.1) is 0 Å². The van der Waals surface area contributed by atoms with Gasteiger partial charge in [-0.05, 0) is 47.8 Å². The summed E-state index contributed by atoms with van der Waals surface area (Å²) >= 11 is 4.78. The van der Waals surface area contributed by atoms with Crippen LogP contribution in [0.1, 0.15) is 19.8 Å². The molecular formula is C15H16BrN3O2S. The van der Waals surface area contributed by atoms with Gasteiger partial charge in [0, 0.05) is 17.6 Å². The number of halogens is 1. The van der Waals surface area contributed by atoms with Crippen molar-refractivity contribution in [3.05, 3.63) is 28.7 Å². The van der Waals surface area contributed by atoms with E-state index in [1.54, 1.807) is 0 Å². The largest absolute Gasteiger partial charge is 0.411 e. The summed E-state index contributed by atoms with van der Waals surface area (Å²) in [5, 5.41) is 8.31. The van der Waals surface area contributed by atoms with Crippen LogP contribution in [0.25, 0.3) is 11.5 Å². The molecule has 3 rings (SSSR count). The van der Waals surface area contributed by atoms with Crippen molar-refractivity contribution in [2.75, 3.05) is 13.1 Å². The summed E-state index contributed by atoms with van der Waals surface area (Å²) < 4.78 is 6.57. The van der Waals surface area contributed by atoms with Gasteiger partial charge in [0.25, 0.3) is 5.22 Å². The molecule has 5 nitrogen and oxygen atoms in total. The Morgan fingerprint density at radius 2 is 2.05 bits per heavy atom. The number of carbonyl (C=O) groups excluding carboxylic acids is 1. The molecule has 1 aliphatic rings. The zero-order chi connectivity index (χ0) is 15.5. The highest BCUT2D eigenvalue weighted by Crippen LogP contribution is 2.30. The second-order valence-electron chi connectivity index (χ2n) is 5.15. The fourth-order valence-corrected chi connectivity index (χ4v) is 3.62. The molecule has 1 fully saturated rings. The van der Waals surface area contributed by atoms with Gasteiger partial charge >= 0.3 is 0 Å². The van der Waals surface area contributed by atoms with E-state index >= 15 is 0 Å². The molecule has 1 amide bonds. The highest BCUT2D eigenvalue weighted by atomic mass is 79.9. The highest BCUT2D eigenvalue weighted by Gasteiger charge is 2.25. The first-order valence-electron chi connectivity index (χ1n) is 7.19. The van der Waals surface area contributed by atoms with Crippen molar-refractivity contribution in [1.29, 1.82) is 0 Å². The van der Waals surface area contributed by atoms with Gasteiger partial charge in [0.15, 0.2) is 0 Å². The van der Waals surface area contributed by atoms with Crippen LogP contribution in [0.15, 0.2) is 38.4 Å². The van der Waals surface area contributed by atoms with Crippen LogP contribution in [0.4, 0.5) is 0 Å². The van der Waals surface area contributed by atoms with Crippen LogP contribution in [-0.4, -0.2) is 39.3 Å². The summed E-state index contributed by atoms with van der Waals surface area (Å²) in [7, 11) is 0. The molecule has 0 spiro atoms. The van der Waals surface area contributed by atoms with Gasteiger partial charge in [-0.1, -0.05) is 23.9 Å². The molecule has 2 aromatic rings. The van der Waals surface area contributed by atoms with Crippen LogP contribution in [0.5, 0.6) is 0 Å². The molecule has 1 aromatic carbocycles. The second kappa shape index (κ2) is 6.83. The number of hydrogen-bond acceptors (Lipinski definition) is 5. The van der Waals surface area contributed by atoms with Crippen LogP contribution in [-0.2, 0) is 4.79 Å². The number of amides is 1. The maximum absolute atomic E-state index is 12.3. The molecule has 1 unspecified atom stereocenters. The van der Waals surface area contributed by atoms with E-state index in [0.717, 1.165) is 36.0 Å². The summed E-state index contributed by atoms with van der Waals surface area (Å²) in [6.07, 6.45) is 2.19. The molecule has 1 atom stereocenters. The van der Waals surface area contributed by atoms with Gasteiger partial charge in [-0.3, -0.25) is 4.79 Å². The van der Waals surface area contributed by atoms with Crippen LogP contribution < -0.4 is 0 Å². The summed E-state index contributed by atoms with van der Waals surface area (Å²) in [5.41, 5.74) is 0.848. The van der Waals surface area contributed by atoms with E-state index in [2.05, 4.69) is 26.1 Å². The Labute approximate surface area is 141 Å². The maximum atomic E-state index is 12.3. The monoisotopic (exact) mass is 381 g/mol. The van der Waals surface area contributed by atoms with Gasteiger partial charge in [0.05, 0.1) is 10.8 Å². The molecule has 116 valence electrons. The third-order valence-corrected chi connectivity index (χ3v) is 5.17. The third-order valence-electron chi connectivity index (χ3n) is 3.55. The smallest absolute Gasteiger partial charge is 0.277 e. The van der Waals surface area contributed by atoms with E-state index in [9.17, 15) is 4.79 Å². The first-order valence-corrected chi connectivity index (χ1v) is 8.86. The van der Waals surface area contributed by atoms with E-state index in [1.165, 1.54) is 11.8 Å². The number of rotatable bonds is 4. The number of carbonyl (C=O) groups is 1. The molecule has 1 aromatic heterocycles. The van der Waals surface area contributed by atoms with Crippen molar-refractivity contribution in [3.8, 4) is 11.5 Å². The number of thioether (sulfide) groups is 1. The molecule has 0 aliphatic carbocycles. The minimum absolute atomic E-state index is 0.142. The van der Waals surface area contributed by atoms with Gasteiger partial charge in [-0.25, -0.2) is 0 Å². The first-order chi connectivity index (χ1) is 10.6. The van der Waals surface area contributed by atoms with Crippen LogP contribution in [0.2, 0.25) is 0 Å². The lowest BCUT2D eigenvalue weighted by atomic mass is 10.2. The van der Waals surface area contributed by atoms with E-state index in [-0.39, 0.29) is 11.2 Å². The van der Waals surface area contributed by atoms with Crippen LogP contribution in [0.3, 0.4) is 0 Å². The molecule has 1 aliphatic heterocycles. The molecule has 7 heteroatoms. The van der Waals surface area contributed by atoms with E-state index in [1.807, 2.05) is 36.1 Å². The average molecular weight is 382 g/mol. The zero-order valence-corrected chi connectivity index (χ0v) is 14.6. The normalized spacial score (nSPS) is 16.0. The van der Waals surface area contributed by atoms with E-state index < -0.39 is 0 Å².